The summed E-state index contributed by atoms with van der Waals surface area (Å²) in [6, 6.07) is 5.77. The molecular weight excluding hydrogens is 312 g/mol. The van der Waals surface area contributed by atoms with Gasteiger partial charge in [-0.2, -0.15) is 5.10 Å². The molecule has 0 aliphatic carbocycles. The summed E-state index contributed by atoms with van der Waals surface area (Å²) in [6.07, 6.45) is 3.41. The first-order valence-electron chi connectivity index (χ1n) is 7.25. The molecule has 120 valence electrons. The molecule has 1 aromatic heterocycles. The van der Waals surface area contributed by atoms with Gasteiger partial charge in [0.05, 0.1) is 37.0 Å². The predicted octanol–water partition coefficient (Wildman–Crippen LogP) is 0.821. The highest BCUT2D eigenvalue weighted by atomic mass is 32.1. The fraction of sp³-hybridized carbons (Fsp3) is 0.267. The Kier molecular flexibility index (Phi) is 4.54. The van der Waals surface area contributed by atoms with Crippen LogP contribution in [0.25, 0.3) is 10.8 Å². The van der Waals surface area contributed by atoms with E-state index in [0.717, 1.165) is 29.5 Å². The number of benzene rings is 1. The van der Waals surface area contributed by atoms with E-state index in [1.54, 1.807) is 6.21 Å². The molecule has 8 heteroatoms. The number of nitrogens with one attached hydrogen (secondary N) is 1. The van der Waals surface area contributed by atoms with Crippen LogP contribution in [0.2, 0.25) is 0 Å². The molecule has 1 aliphatic rings. The summed E-state index contributed by atoms with van der Waals surface area (Å²) in [7, 11) is 0. The number of thiocarbonyl (C=S) groups is 1. The molecule has 2 aromatic rings. The van der Waals surface area contributed by atoms with Crippen molar-refractivity contribution in [1.82, 2.24) is 10.4 Å². The zero-order valence-electron chi connectivity index (χ0n) is 12.5. The van der Waals surface area contributed by atoms with Gasteiger partial charge in [0.2, 0.25) is 0 Å². The smallest absolute Gasteiger partial charge is 0.184 e. The summed E-state index contributed by atoms with van der Waals surface area (Å²) >= 11 is 4.73. The number of nitrogens with zero attached hydrogens (tertiary/aromatic N) is 3. The van der Waals surface area contributed by atoms with Crippen LogP contribution in [-0.2, 0) is 4.74 Å². The van der Waals surface area contributed by atoms with Crippen molar-refractivity contribution in [2.24, 2.45) is 10.8 Å². The van der Waals surface area contributed by atoms with Crippen molar-refractivity contribution in [3.05, 3.63) is 30.1 Å². The standard InChI is InChI=1S/C15H18N6OS/c16-11-3-1-2-10-12(8-19-20-15(17)23)18-9-13(14(10)11)21-4-6-22-7-5-21/h1-3,8-9H,4-7,16H2,(H3,17,20,23)/b19-8-. The molecule has 3 rings (SSSR count). The molecule has 2 heterocycles. The Labute approximate surface area is 139 Å². The van der Waals surface area contributed by atoms with E-state index < -0.39 is 0 Å². The molecule has 0 unspecified atom stereocenters. The summed E-state index contributed by atoms with van der Waals surface area (Å²) < 4.78 is 5.42. The molecule has 1 fully saturated rings. The SMILES string of the molecule is NC(=S)N/N=C\c1ncc(N2CCOCC2)c2c(N)cccc12. The van der Waals surface area contributed by atoms with Gasteiger partial charge in [-0.1, -0.05) is 12.1 Å². The molecule has 1 aromatic carbocycles. The van der Waals surface area contributed by atoms with Gasteiger partial charge in [0.15, 0.2) is 5.11 Å². The molecule has 0 saturated carbocycles. The Bertz CT molecular complexity index is 757. The lowest BCUT2D eigenvalue weighted by Gasteiger charge is -2.30. The molecule has 0 atom stereocenters. The van der Waals surface area contributed by atoms with E-state index in [-0.39, 0.29) is 5.11 Å². The Morgan fingerprint density at radius 3 is 2.91 bits per heavy atom. The van der Waals surface area contributed by atoms with E-state index in [1.165, 1.54) is 0 Å². The Morgan fingerprint density at radius 1 is 1.39 bits per heavy atom. The number of hydrazone groups is 1. The minimum absolute atomic E-state index is 0.106. The van der Waals surface area contributed by atoms with Gasteiger partial charge in [0.1, 0.15) is 0 Å². The van der Waals surface area contributed by atoms with E-state index in [2.05, 4.69) is 20.4 Å². The van der Waals surface area contributed by atoms with E-state index in [9.17, 15) is 0 Å². The van der Waals surface area contributed by atoms with Crippen LogP contribution >= 0.6 is 12.2 Å². The predicted molar refractivity (Wildman–Crippen MR) is 96.7 cm³/mol. The number of hydrogen-bond donors (Lipinski definition) is 3. The molecule has 0 bridgehead atoms. The van der Waals surface area contributed by atoms with Gasteiger partial charge in [-0.25, -0.2) is 0 Å². The molecule has 0 spiro atoms. The van der Waals surface area contributed by atoms with E-state index in [4.69, 9.17) is 28.4 Å². The third-order valence-electron chi connectivity index (χ3n) is 3.67. The number of pyridine rings is 1. The van der Waals surface area contributed by atoms with Gasteiger partial charge in [-0.05, 0) is 18.3 Å². The average Bonchev–Trinajstić information content (AvgIpc) is 2.56. The zero-order valence-corrected chi connectivity index (χ0v) is 13.3. The summed E-state index contributed by atoms with van der Waals surface area (Å²) in [5, 5.41) is 6.00. The first kappa shape index (κ1) is 15.4. The topological polar surface area (TPSA) is 102 Å². The molecule has 1 aliphatic heterocycles. The van der Waals surface area contributed by atoms with Crippen LogP contribution in [0.3, 0.4) is 0 Å². The number of ether oxygens (including phenoxy) is 1. The van der Waals surface area contributed by atoms with Crippen LogP contribution < -0.4 is 21.8 Å². The first-order valence-corrected chi connectivity index (χ1v) is 7.66. The lowest BCUT2D eigenvalue weighted by Crippen LogP contribution is -2.36. The molecular formula is C15H18N6OS. The molecule has 5 N–H and O–H groups in total. The summed E-state index contributed by atoms with van der Waals surface area (Å²) in [5.41, 5.74) is 16.5. The minimum atomic E-state index is 0.106. The molecule has 7 nitrogen and oxygen atoms in total. The second kappa shape index (κ2) is 6.76. The van der Waals surface area contributed by atoms with E-state index in [0.29, 0.717) is 24.6 Å². The zero-order chi connectivity index (χ0) is 16.2. The largest absolute Gasteiger partial charge is 0.398 e. The maximum atomic E-state index is 6.22. The van der Waals surface area contributed by atoms with E-state index >= 15 is 0 Å². The Hall–Kier alpha value is -2.45. The lowest BCUT2D eigenvalue weighted by molar-refractivity contribution is 0.123. The molecule has 0 radical (unpaired) electrons. The van der Waals surface area contributed by atoms with Gasteiger partial charge >= 0.3 is 0 Å². The van der Waals surface area contributed by atoms with Crippen molar-refractivity contribution in [3.63, 3.8) is 0 Å². The van der Waals surface area contributed by atoms with Crippen molar-refractivity contribution in [3.8, 4) is 0 Å². The van der Waals surface area contributed by atoms with Crippen LogP contribution in [-0.4, -0.2) is 42.6 Å². The lowest BCUT2D eigenvalue weighted by atomic mass is 10.1. The third-order valence-corrected chi connectivity index (χ3v) is 3.76. The van der Waals surface area contributed by atoms with Crippen molar-refractivity contribution >= 4 is 45.7 Å². The molecule has 23 heavy (non-hydrogen) atoms. The third kappa shape index (κ3) is 3.33. The minimum Gasteiger partial charge on any atom is -0.398 e. The number of rotatable bonds is 3. The highest BCUT2D eigenvalue weighted by molar-refractivity contribution is 7.80. The van der Waals surface area contributed by atoms with Crippen LogP contribution in [0.1, 0.15) is 5.69 Å². The maximum absolute atomic E-state index is 6.22. The Balaban J connectivity index is 2.06. The highest BCUT2D eigenvalue weighted by Gasteiger charge is 2.17. The van der Waals surface area contributed by atoms with Gasteiger partial charge < -0.3 is 21.1 Å². The summed E-state index contributed by atoms with van der Waals surface area (Å²) in [4.78, 5) is 6.75. The van der Waals surface area contributed by atoms with Gasteiger partial charge in [0.25, 0.3) is 0 Å². The van der Waals surface area contributed by atoms with Gasteiger partial charge in [-0.15, -0.1) is 0 Å². The molecule has 0 amide bonds. The van der Waals surface area contributed by atoms with Crippen molar-refractivity contribution in [2.45, 2.75) is 0 Å². The van der Waals surface area contributed by atoms with Crippen LogP contribution in [0.15, 0.2) is 29.5 Å². The second-order valence-electron chi connectivity index (χ2n) is 5.13. The quantitative estimate of drug-likeness (QED) is 0.331. The number of nitrogens with two attached hydrogens (primary N) is 2. The average molecular weight is 330 g/mol. The number of aromatic nitrogens is 1. The van der Waals surface area contributed by atoms with Crippen molar-refractivity contribution in [2.75, 3.05) is 36.9 Å². The number of nitrogen functional groups attached to an aromatic ring is 1. The van der Waals surface area contributed by atoms with E-state index in [1.807, 2.05) is 24.4 Å². The number of hydrogen-bond acceptors (Lipinski definition) is 6. The van der Waals surface area contributed by atoms with Crippen LogP contribution in [0, 0.1) is 0 Å². The van der Waals surface area contributed by atoms with Crippen LogP contribution in [0.5, 0.6) is 0 Å². The molecule has 1 saturated heterocycles. The second-order valence-corrected chi connectivity index (χ2v) is 5.57. The fourth-order valence-corrected chi connectivity index (χ4v) is 2.69. The van der Waals surface area contributed by atoms with Gasteiger partial charge in [-0.3, -0.25) is 10.4 Å². The maximum Gasteiger partial charge on any atom is 0.184 e. The van der Waals surface area contributed by atoms with Crippen molar-refractivity contribution in [1.29, 1.82) is 0 Å². The first-order chi connectivity index (χ1) is 11.2. The normalized spacial score (nSPS) is 15.2. The number of morpholine rings is 1. The van der Waals surface area contributed by atoms with Gasteiger partial charge in [0, 0.05) is 29.5 Å². The highest BCUT2D eigenvalue weighted by Crippen LogP contribution is 2.32. The number of anilines is 2. The Morgan fingerprint density at radius 2 is 2.17 bits per heavy atom. The van der Waals surface area contributed by atoms with Crippen LogP contribution in [0.4, 0.5) is 11.4 Å². The van der Waals surface area contributed by atoms with Crippen molar-refractivity contribution < 1.29 is 4.74 Å². The summed E-state index contributed by atoms with van der Waals surface area (Å²) in [5.74, 6) is 0. The summed E-state index contributed by atoms with van der Waals surface area (Å²) in [6.45, 7) is 3.05. The monoisotopic (exact) mass is 330 g/mol. The fourth-order valence-electron chi connectivity index (χ4n) is 2.64. The number of fused-ring (bicyclic) bond motifs is 1.